The van der Waals surface area contributed by atoms with Crippen molar-refractivity contribution in [3.63, 3.8) is 0 Å². The Hall–Kier alpha value is -0.990. The molecule has 2 heterocycles. The largest absolute Gasteiger partial charge is 0.447 e. The highest BCUT2D eigenvalue weighted by atomic mass is 32.2. The molecule has 0 aromatic heterocycles. The first-order valence-corrected chi connectivity index (χ1v) is 9.32. The first kappa shape index (κ1) is 17.4. The van der Waals surface area contributed by atoms with Gasteiger partial charge in [-0.15, -0.1) is 0 Å². The number of amides is 1. The number of ether oxygens (including phenoxy) is 2. The second-order valence-electron chi connectivity index (χ2n) is 5.29. The third kappa shape index (κ3) is 5.66. The summed E-state index contributed by atoms with van der Waals surface area (Å²) in [7, 11) is -0.674. The molecule has 22 heavy (non-hydrogen) atoms. The fourth-order valence-corrected chi connectivity index (χ4v) is 3.62. The number of nitrogens with zero attached hydrogens (tertiary/aromatic N) is 3. The SMILES string of the molecule is CCC(=NC(=O)OCCN1CCS(=O)CC1)N1CCOCC1. The van der Waals surface area contributed by atoms with E-state index in [0.29, 0.717) is 44.3 Å². The summed E-state index contributed by atoms with van der Waals surface area (Å²) in [6, 6.07) is 0. The quantitative estimate of drug-likeness (QED) is 0.546. The van der Waals surface area contributed by atoms with Crippen LogP contribution >= 0.6 is 0 Å². The van der Waals surface area contributed by atoms with Gasteiger partial charge in [-0.3, -0.25) is 9.11 Å². The van der Waals surface area contributed by atoms with Crippen LogP contribution in [0.15, 0.2) is 4.99 Å². The normalized spacial score (nSPS) is 21.9. The van der Waals surface area contributed by atoms with Crippen molar-refractivity contribution in [3.8, 4) is 0 Å². The van der Waals surface area contributed by atoms with Crippen LogP contribution in [0.3, 0.4) is 0 Å². The maximum atomic E-state index is 11.8. The van der Waals surface area contributed by atoms with Gasteiger partial charge in [-0.25, -0.2) is 4.79 Å². The zero-order chi connectivity index (χ0) is 15.8. The maximum absolute atomic E-state index is 11.8. The number of aliphatic imine (C=N–C) groups is 1. The van der Waals surface area contributed by atoms with Gasteiger partial charge < -0.3 is 14.4 Å². The number of hydrogen-bond donors (Lipinski definition) is 0. The second kappa shape index (κ2) is 9.22. The Kier molecular flexibility index (Phi) is 7.28. The molecular formula is C14H25N3O4S. The molecule has 0 aromatic rings. The van der Waals surface area contributed by atoms with Crippen LogP contribution in [0.1, 0.15) is 13.3 Å². The molecule has 2 aliphatic heterocycles. The molecule has 2 fully saturated rings. The predicted octanol–water partition coefficient (Wildman–Crippen LogP) is 0.328. The fraction of sp³-hybridized carbons (Fsp3) is 0.857. The van der Waals surface area contributed by atoms with Gasteiger partial charge in [0.2, 0.25) is 0 Å². The minimum absolute atomic E-state index is 0.328. The highest BCUT2D eigenvalue weighted by molar-refractivity contribution is 7.85. The van der Waals surface area contributed by atoms with Crippen LogP contribution in [0.2, 0.25) is 0 Å². The van der Waals surface area contributed by atoms with E-state index in [4.69, 9.17) is 9.47 Å². The molecule has 2 aliphatic rings. The summed E-state index contributed by atoms with van der Waals surface area (Å²) in [5, 5.41) is 0. The van der Waals surface area contributed by atoms with Gasteiger partial charge in [0, 0.05) is 61.4 Å². The Morgan fingerprint density at radius 1 is 1.23 bits per heavy atom. The molecule has 2 rings (SSSR count). The summed E-state index contributed by atoms with van der Waals surface area (Å²) in [5.74, 6) is 2.19. The molecule has 0 aliphatic carbocycles. The van der Waals surface area contributed by atoms with E-state index in [1.54, 1.807) is 0 Å². The molecule has 0 N–H and O–H groups in total. The first-order valence-electron chi connectivity index (χ1n) is 7.83. The van der Waals surface area contributed by atoms with Gasteiger partial charge in [0.1, 0.15) is 12.4 Å². The fourth-order valence-electron chi connectivity index (χ4n) is 2.49. The summed E-state index contributed by atoms with van der Waals surface area (Å²) < 4.78 is 21.8. The molecule has 0 spiro atoms. The predicted molar refractivity (Wildman–Crippen MR) is 85.8 cm³/mol. The smallest absolute Gasteiger partial charge is 0.435 e. The molecular weight excluding hydrogens is 306 g/mol. The Labute approximate surface area is 134 Å². The van der Waals surface area contributed by atoms with E-state index in [2.05, 4.69) is 14.8 Å². The van der Waals surface area contributed by atoms with Crippen molar-refractivity contribution >= 4 is 22.7 Å². The third-order valence-corrected chi connectivity index (χ3v) is 5.09. The lowest BCUT2D eigenvalue weighted by molar-refractivity contribution is 0.0669. The third-order valence-electron chi connectivity index (χ3n) is 3.82. The van der Waals surface area contributed by atoms with Gasteiger partial charge in [-0.1, -0.05) is 6.92 Å². The van der Waals surface area contributed by atoms with Crippen LogP contribution in [0.5, 0.6) is 0 Å². The monoisotopic (exact) mass is 331 g/mol. The summed E-state index contributed by atoms with van der Waals surface area (Å²) in [6.45, 7) is 7.48. The number of morpholine rings is 1. The van der Waals surface area contributed by atoms with Gasteiger partial charge >= 0.3 is 6.09 Å². The Bertz CT molecular complexity index is 414. The lowest BCUT2D eigenvalue weighted by Crippen LogP contribution is -2.41. The molecule has 0 bridgehead atoms. The summed E-state index contributed by atoms with van der Waals surface area (Å²) >= 11 is 0. The number of rotatable bonds is 4. The van der Waals surface area contributed by atoms with E-state index in [1.807, 2.05) is 6.92 Å². The van der Waals surface area contributed by atoms with Crippen LogP contribution in [0.4, 0.5) is 4.79 Å². The zero-order valence-electron chi connectivity index (χ0n) is 13.2. The minimum atomic E-state index is -0.674. The lowest BCUT2D eigenvalue weighted by Gasteiger charge is -2.29. The molecule has 0 saturated carbocycles. The van der Waals surface area contributed by atoms with Gasteiger partial charge in [-0.2, -0.15) is 4.99 Å². The Morgan fingerprint density at radius 3 is 2.55 bits per heavy atom. The van der Waals surface area contributed by atoms with E-state index < -0.39 is 16.9 Å². The number of hydrogen-bond acceptors (Lipinski definition) is 5. The van der Waals surface area contributed by atoms with Crippen LogP contribution < -0.4 is 0 Å². The van der Waals surface area contributed by atoms with Crippen LogP contribution in [0, 0.1) is 0 Å². The average Bonchev–Trinajstić information content (AvgIpc) is 2.55. The second-order valence-corrected chi connectivity index (χ2v) is 6.98. The summed E-state index contributed by atoms with van der Waals surface area (Å²) in [5.41, 5.74) is 0. The summed E-state index contributed by atoms with van der Waals surface area (Å²) in [4.78, 5) is 20.1. The number of amidine groups is 1. The van der Waals surface area contributed by atoms with Gasteiger partial charge in [0.25, 0.3) is 0 Å². The topological polar surface area (TPSA) is 71.4 Å². The van der Waals surface area contributed by atoms with Crippen LogP contribution in [-0.4, -0.2) is 90.0 Å². The molecule has 1 amide bonds. The highest BCUT2D eigenvalue weighted by Gasteiger charge is 2.17. The van der Waals surface area contributed by atoms with Gasteiger partial charge in [0.05, 0.1) is 13.2 Å². The molecule has 0 unspecified atom stereocenters. The molecule has 126 valence electrons. The van der Waals surface area contributed by atoms with E-state index >= 15 is 0 Å². The molecule has 0 atom stereocenters. The van der Waals surface area contributed by atoms with Crippen molar-refractivity contribution in [2.75, 3.05) is 64.1 Å². The molecule has 0 aromatic carbocycles. The van der Waals surface area contributed by atoms with Crippen molar-refractivity contribution < 1.29 is 18.5 Å². The standard InChI is InChI=1S/C14H25N3O4S/c1-2-13(17-4-8-20-9-5-17)15-14(18)21-10-3-16-6-11-22(19)12-7-16/h2-12H2,1H3. The highest BCUT2D eigenvalue weighted by Crippen LogP contribution is 2.04. The average molecular weight is 331 g/mol. The van der Waals surface area contributed by atoms with Crippen molar-refractivity contribution in [1.29, 1.82) is 0 Å². The molecule has 2 saturated heterocycles. The Morgan fingerprint density at radius 2 is 1.91 bits per heavy atom. The zero-order valence-corrected chi connectivity index (χ0v) is 14.0. The van der Waals surface area contributed by atoms with Crippen molar-refractivity contribution in [3.05, 3.63) is 0 Å². The number of carbonyl (C=O) groups excluding carboxylic acids is 1. The van der Waals surface area contributed by atoms with E-state index in [1.165, 1.54) is 0 Å². The van der Waals surface area contributed by atoms with E-state index in [9.17, 15) is 9.00 Å². The molecule has 0 radical (unpaired) electrons. The number of carbonyl (C=O) groups is 1. The van der Waals surface area contributed by atoms with Gasteiger partial charge in [0.15, 0.2) is 0 Å². The maximum Gasteiger partial charge on any atom is 0.435 e. The molecule has 8 heteroatoms. The van der Waals surface area contributed by atoms with Crippen LogP contribution in [-0.2, 0) is 20.3 Å². The first-order chi connectivity index (χ1) is 10.7. The van der Waals surface area contributed by atoms with Gasteiger partial charge in [-0.05, 0) is 0 Å². The molecule has 7 nitrogen and oxygen atoms in total. The van der Waals surface area contributed by atoms with E-state index in [0.717, 1.165) is 32.0 Å². The summed E-state index contributed by atoms with van der Waals surface area (Å²) in [6.07, 6.45) is 0.177. The van der Waals surface area contributed by atoms with Crippen molar-refractivity contribution in [1.82, 2.24) is 9.80 Å². The van der Waals surface area contributed by atoms with Crippen molar-refractivity contribution in [2.24, 2.45) is 4.99 Å². The van der Waals surface area contributed by atoms with E-state index in [-0.39, 0.29) is 0 Å². The Balaban J connectivity index is 1.71. The van der Waals surface area contributed by atoms with Crippen molar-refractivity contribution in [2.45, 2.75) is 13.3 Å². The minimum Gasteiger partial charge on any atom is -0.447 e. The van der Waals surface area contributed by atoms with Crippen LogP contribution in [0.25, 0.3) is 0 Å². The lowest BCUT2D eigenvalue weighted by atomic mass is 10.3.